The topological polar surface area (TPSA) is 92.3 Å². The van der Waals surface area contributed by atoms with Crippen molar-refractivity contribution in [3.8, 4) is 11.3 Å². The van der Waals surface area contributed by atoms with Crippen molar-refractivity contribution in [2.75, 3.05) is 0 Å². The molecule has 1 aromatic carbocycles. The van der Waals surface area contributed by atoms with Crippen LogP contribution in [0.25, 0.3) is 11.3 Å². The lowest BCUT2D eigenvalue weighted by molar-refractivity contribution is 0.00702. The molecule has 0 saturated carbocycles. The van der Waals surface area contributed by atoms with E-state index in [4.69, 9.17) is 9.84 Å². The Kier molecular flexibility index (Phi) is 3.80. The third kappa shape index (κ3) is 3.47. The summed E-state index contributed by atoms with van der Waals surface area (Å²) in [5, 5.41) is 15.3. The van der Waals surface area contributed by atoms with E-state index in [1.54, 1.807) is 45.0 Å². The minimum atomic E-state index is -1.11. The Bertz CT molecular complexity index is 683. The van der Waals surface area contributed by atoms with Crippen LogP contribution in [0.4, 0.5) is 0 Å². The van der Waals surface area contributed by atoms with E-state index in [0.29, 0.717) is 16.8 Å². The van der Waals surface area contributed by atoms with Gasteiger partial charge in [-0.1, -0.05) is 18.2 Å². The first-order chi connectivity index (χ1) is 9.78. The number of carboxylic acids is 1. The Hall–Kier alpha value is -2.63. The molecule has 0 aliphatic carbocycles. The van der Waals surface area contributed by atoms with Gasteiger partial charge in [0.1, 0.15) is 11.3 Å². The number of nitrogens with zero attached hydrogens (tertiary/aromatic N) is 1. The summed E-state index contributed by atoms with van der Waals surface area (Å²) >= 11 is 0. The molecule has 2 aromatic rings. The number of carboxylic acid groups (broad SMARTS) is 1. The Balaban J connectivity index is 2.40. The highest BCUT2D eigenvalue weighted by molar-refractivity contribution is 5.97. The van der Waals surface area contributed by atoms with Gasteiger partial charge in [0.15, 0.2) is 0 Å². The lowest BCUT2D eigenvalue weighted by Crippen LogP contribution is -2.24. The number of aromatic carboxylic acids is 1. The van der Waals surface area contributed by atoms with Crippen molar-refractivity contribution in [1.29, 1.82) is 0 Å². The number of aromatic nitrogens is 2. The number of aromatic amines is 1. The van der Waals surface area contributed by atoms with Crippen LogP contribution in [-0.2, 0) is 4.74 Å². The number of ether oxygens (including phenoxy) is 1. The number of H-pyrrole nitrogens is 1. The van der Waals surface area contributed by atoms with Gasteiger partial charge in [0, 0.05) is 5.56 Å². The van der Waals surface area contributed by atoms with Gasteiger partial charge in [0.2, 0.25) is 0 Å². The number of hydrogen-bond acceptors (Lipinski definition) is 4. The first-order valence-corrected chi connectivity index (χ1v) is 6.39. The molecule has 0 radical (unpaired) electrons. The molecule has 0 spiro atoms. The molecule has 6 heteroatoms. The van der Waals surface area contributed by atoms with Gasteiger partial charge >= 0.3 is 11.9 Å². The molecule has 0 bridgehead atoms. The minimum absolute atomic E-state index is 0.0380. The van der Waals surface area contributed by atoms with Gasteiger partial charge in [0.25, 0.3) is 0 Å². The Labute approximate surface area is 121 Å². The molecule has 0 aliphatic heterocycles. The zero-order valence-electron chi connectivity index (χ0n) is 12.0. The lowest BCUT2D eigenvalue weighted by atomic mass is 10.0. The van der Waals surface area contributed by atoms with Crippen LogP contribution in [0.15, 0.2) is 30.3 Å². The molecular formula is C15H16N2O4. The molecule has 21 heavy (non-hydrogen) atoms. The molecule has 0 atom stereocenters. The van der Waals surface area contributed by atoms with Crippen LogP contribution in [0.1, 0.15) is 41.6 Å². The molecule has 0 aliphatic rings. The maximum absolute atomic E-state index is 12.2. The molecule has 1 heterocycles. The number of carbonyl (C=O) groups is 2. The Morgan fingerprint density at radius 3 is 2.48 bits per heavy atom. The van der Waals surface area contributed by atoms with Crippen LogP contribution in [0.2, 0.25) is 0 Å². The van der Waals surface area contributed by atoms with Crippen LogP contribution >= 0.6 is 0 Å². The zero-order valence-corrected chi connectivity index (χ0v) is 12.0. The second kappa shape index (κ2) is 5.40. The van der Waals surface area contributed by atoms with E-state index < -0.39 is 17.5 Å². The molecular weight excluding hydrogens is 272 g/mol. The third-order valence-corrected chi connectivity index (χ3v) is 2.63. The van der Waals surface area contributed by atoms with E-state index in [1.165, 1.54) is 6.07 Å². The standard InChI is InChI=1S/C15H16N2O4/c1-15(2,3)21-14(20)10-7-5-4-6-9(10)11-8-12(13(18)19)17-16-11/h4-8H,1-3H3,(H,16,17)(H,18,19). The van der Waals surface area contributed by atoms with Crippen LogP contribution in [0.3, 0.4) is 0 Å². The molecule has 1 aromatic heterocycles. The zero-order chi connectivity index (χ0) is 15.6. The van der Waals surface area contributed by atoms with E-state index in [-0.39, 0.29) is 5.69 Å². The van der Waals surface area contributed by atoms with Crippen molar-refractivity contribution < 1.29 is 19.4 Å². The van der Waals surface area contributed by atoms with Crippen LogP contribution in [0.5, 0.6) is 0 Å². The van der Waals surface area contributed by atoms with Gasteiger partial charge in [-0.25, -0.2) is 9.59 Å². The number of hydrogen-bond donors (Lipinski definition) is 2. The average Bonchev–Trinajstić information content (AvgIpc) is 2.86. The number of carbonyl (C=O) groups excluding carboxylic acids is 1. The molecule has 0 amide bonds. The summed E-state index contributed by atoms with van der Waals surface area (Å²) in [6.45, 7) is 5.35. The van der Waals surface area contributed by atoms with Gasteiger partial charge < -0.3 is 9.84 Å². The number of nitrogens with one attached hydrogen (secondary N) is 1. The van der Waals surface area contributed by atoms with E-state index in [1.807, 2.05) is 0 Å². The molecule has 2 N–H and O–H groups in total. The fourth-order valence-corrected chi connectivity index (χ4v) is 1.79. The molecule has 0 fully saturated rings. The lowest BCUT2D eigenvalue weighted by Gasteiger charge is -2.20. The number of esters is 1. The van der Waals surface area contributed by atoms with Gasteiger partial charge in [-0.05, 0) is 32.9 Å². The summed E-state index contributed by atoms with van der Waals surface area (Å²) < 4.78 is 5.35. The second-order valence-corrected chi connectivity index (χ2v) is 5.52. The molecule has 6 nitrogen and oxygen atoms in total. The van der Waals surface area contributed by atoms with E-state index >= 15 is 0 Å². The van der Waals surface area contributed by atoms with Crippen molar-refractivity contribution in [1.82, 2.24) is 10.2 Å². The van der Waals surface area contributed by atoms with Gasteiger partial charge in [0.05, 0.1) is 11.3 Å². The largest absolute Gasteiger partial charge is 0.477 e. The fraction of sp³-hybridized carbons (Fsp3) is 0.267. The summed E-state index contributed by atoms with van der Waals surface area (Å²) in [4.78, 5) is 23.1. The van der Waals surface area contributed by atoms with E-state index in [2.05, 4.69) is 10.2 Å². The fourth-order valence-electron chi connectivity index (χ4n) is 1.79. The van der Waals surface area contributed by atoms with Crippen molar-refractivity contribution in [3.63, 3.8) is 0 Å². The minimum Gasteiger partial charge on any atom is -0.477 e. The Morgan fingerprint density at radius 1 is 1.24 bits per heavy atom. The van der Waals surface area contributed by atoms with Crippen molar-refractivity contribution >= 4 is 11.9 Å². The quantitative estimate of drug-likeness (QED) is 0.847. The van der Waals surface area contributed by atoms with Gasteiger partial charge in [-0.3, -0.25) is 5.10 Å². The monoisotopic (exact) mass is 288 g/mol. The highest BCUT2D eigenvalue weighted by atomic mass is 16.6. The Morgan fingerprint density at radius 2 is 1.90 bits per heavy atom. The van der Waals surface area contributed by atoms with Crippen LogP contribution in [-0.4, -0.2) is 32.8 Å². The summed E-state index contributed by atoms with van der Waals surface area (Å²) in [6, 6.07) is 8.16. The maximum Gasteiger partial charge on any atom is 0.353 e. The first-order valence-electron chi connectivity index (χ1n) is 6.39. The highest BCUT2D eigenvalue weighted by Crippen LogP contribution is 2.24. The van der Waals surface area contributed by atoms with E-state index in [9.17, 15) is 9.59 Å². The summed E-state index contributed by atoms with van der Waals surface area (Å²) in [6.07, 6.45) is 0. The molecule has 110 valence electrons. The van der Waals surface area contributed by atoms with Crippen LogP contribution < -0.4 is 0 Å². The average molecular weight is 288 g/mol. The maximum atomic E-state index is 12.2. The number of benzene rings is 1. The van der Waals surface area contributed by atoms with Crippen molar-refractivity contribution in [2.45, 2.75) is 26.4 Å². The summed E-state index contributed by atoms with van der Waals surface area (Å²) in [5.74, 6) is -1.58. The SMILES string of the molecule is CC(C)(C)OC(=O)c1ccccc1-c1cc(C(=O)O)[nH]n1. The predicted octanol–water partition coefficient (Wildman–Crippen LogP) is 2.73. The molecule has 0 saturated heterocycles. The van der Waals surface area contributed by atoms with Crippen molar-refractivity contribution in [3.05, 3.63) is 41.6 Å². The van der Waals surface area contributed by atoms with Crippen LogP contribution in [0, 0.1) is 0 Å². The highest BCUT2D eigenvalue weighted by Gasteiger charge is 2.22. The normalized spacial score (nSPS) is 11.2. The van der Waals surface area contributed by atoms with E-state index in [0.717, 1.165) is 0 Å². The summed E-state index contributed by atoms with van der Waals surface area (Å²) in [7, 11) is 0. The number of rotatable bonds is 3. The predicted molar refractivity (Wildman–Crippen MR) is 76.2 cm³/mol. The van der Waals surface area contributed by atoms with Crippen molar-refractivity contribution in [2.24, 2.45) is 0 Å². The third-order valence-electron chi connectivity index (χ3n) is 2.63. The molecule has 2 rings (SSSR count). The smallest absolute Gasteiger partial charge is 0.353 e. The molecule has 0 unspecified atom stereocenters. The van der Waals surface area contributed by atoms with Gasteiger partial charge in [-0.2, -0.15) is 5.10 Å². The van der Waals surface area contributed by atoms with Gasteiger partial charge in [-0.15, -0.1) is 0 Å². The second-order valence-electron chi connectivity index (χ2n) is 5.52. The first kappa shape index (κ1) is 14.8. The summed E-state index contributed by atoms with van der Waals surface area (Å²) in [5.41, 5.74) is 0.603.